The number of rotatable bonds is 9. The van der Waals surface area contributed by atoms with Gasteiger partial charge in [-0.2, -0.15) is 0 Å². The maximum atomic E-state index is 12.8. The van der Waals surface area contributed by atoms with Crippen molar-refractivity contribution in [3.05, 3.63) is 35.9 Å². The molecule has 6 nitrogen and oxygen atoms in total. The van der Waals surface area contributed by atoms with Crippen LogP contribution in [0.15, 0.2) is 30.3 Å². The summed E-state index contributed by atoms with van der Waals surface area (Å²) in [6, 6.07) is 11.7. The van der Waals surface area contributed by atoms with E-state index in [9.17, 15) is 9.59 Å². The summed E-state index contributed by atoms with van der Waals surface area (Å²) in [5.74, 6) is 0.332. The first-order valence-corrected chi connectivity index (χ1v) is 15.0. The van der Waals surface area contributed by atoms with Gasteiger partial charge >= 0.3 is 0 Å². The van der Waals surface area contributed by atoms with Gasteiger partial charge in [0.05, 0.1) is 0 Å². The van der Waals surface area contributed by atoms with Crippen molar-refractivity contribution in [3.8, 4) is 0 Å². The monoisotopic (exact) mass is 510 g/mol. The highest BCUT2D eigenvalue weighted by Gasteiger charge is 2.37. The number of nitrogens with zero attached hydrogens (tertiary/aromatic N) is 3. The third-order valence-corrected chi connectivity index (χ3v) is 9.41. The minimum atomic E-state index is 0.108. The first-order valence-electron chi connectivity index (χ1n) is 15.0. The highest BCUT2D eigenvalue weighted by molar-refractivity contribution is 5.79. The summed E-state index contributed by atoms with van der Waals surface area (Å²) in [4.78, 5) is 32.5. The molecule has 4 rings (SSSR count). The number of piperazine rings is 1. The van der Waals surface area contributed by atoms with E-state index in [4.69, 9.17) is 0 Å². The Hall–Kier alpha value is -1.92. The molecule has 0 aromatic heterocycles. The standard InChI is InChI=1S/C31H50N4O2/c1-33(2)31(25-26-11-6-5-7-12-26)19-17-27(18-20-31)32-29(36)15-10-16-30(37)35-23-21-34(22-24-35)28-13-8-3-4-9-14-28/h5-7,11-12,27-28H,3-4,8-10,13-25H2,1-2H3,(H,32,36). The molecule has 0 atom stereocenters. The van der Waals surface area contributed by atoms with Crippen molar-refractivity contribution >= 4 is 11.8 Å². The van der Waals surface area contributed by atoms with E-state index in [-0.39, 0.29) is 23.4 Å². The zero-order chi connectivity index (χ0) is 26.1. The molecular formula is C31H50N4O2. The van der Waals surface area contributed by atoms with Crippen molar-refractivity contribution in [2.45, 2.75) is 108 Å². The Bertz CT molecular complexity index is 834. The van der Waals surface area contributed by atoms with Crippen LogP contribution in [0.2, 0.25) is 0 Å². The van der Waals surface area contributed by atoms with Crippen LogP contribution < -0.4 is 5.32 Å². The maximum absolute atomic E-state index is 12.8. The molecule has 1 heterocycles. The quantitative estimate of drug-likeness (QED) is 0.493. The number of nitrogens with one attached hydrogen (secondary N) is 1. The van der Waals surface area contributed by atoms with Crippen LogP contribution in [0, 0.1) is 0 Å². The van der Waals surface area contributed by atoms with Crippen LogP contribution in [-0.2, 0) is 16.0 Å². The lowest BCUT2D eigenvalue weighted by Crippen LogP contribution is -2.52. The summed E-state index contributed by atoms with van der Waals surface area (Å²) in [5.41, 5.74) is 1.55. The van der Waals surface area contributed by atoms with Gasteiger partial charge in [-0.25, -0.2) is 0 Å². The van der Waals surface area contributed by atoms with Gasteiger partial charge in [-0.1, -0.05) is 56.0 Å². The highest BCUT2D eigenvalue weighted by Crippen LogP contribution is 2.35. The average Bonchev–Trinajstić information content (AvgIpc) is 3.20. The topological polar surface area (TPSA) is 55.9 Å². The maximum Gasteiger partial charge on any atom is 0.222 e. The lowest BCUT2D eigenvalue weighted by molar-refractivity contribution is -0.133. The average molecular weight is 511 g/mol. The molecule has 0 spiro atoms. The van der Waals surface area contributed by atoms with E-state index in [1.54, 1.807) is 0 Å². The Kier molecular flexibility index (Phi) is 10.4. The second-order valence-electron chi connectivity index (χ2n) is 12.0. The van der Waals surface area contributed by atoms with Gasteiger partial charge in [0.1, 0.15) is 0 Å². The van der Waals surface area contributed by atoms with Gasteiger partial charge in [0.15, 0.2) is 0 Å². The normalized spacial score (nSPS) is 26.1. The second-order valence-corrected chi connectivity index (χ2v) is 12.0. The molecule has 206 valence electrons. The first kappa shape index (κ1) is 28.1. The number of amides is 2. The van der Waals surface area contributed by atoms with E-state index >= 15 is 0 Å². The molecule has 0 radical (unpaired) electrons. The Morgan fingerprint density at radius 1 is 0.892 bits per heavy atom. The van der Waals surface area contributed by atoms with E-state index in [0.29, 0.717) is 19.3 Å². The molecular weight excluding hydrogens is 460 g/mol. The predicted octanol–water partition coefficient (Wildman–Crippen LogP) is 4.63. The van der Waals surface area contributed by atoms with Crippen molar-refractivity contribution in [3.63, 3.8) is 0 Å². The van der Waals surface area contributed by atoms with Crippen LogP contribution in [-0.4, -0.2) is 84.4 Å². The van der Waals surface area contributed by atoms with Gasteiger partial charge in [0, 0.05) is 56.6 Å². The van der Waals surface area contributed by atoms with Crippen molar-refractivity contribution in [2.75, 3.05) is 40.3 Å². The predicted molar refractivity (Wildman–Crippen MR) is 150 cm³/mol. The van der Waals surface area contributed by atoms with Gasteiger partial charge in [-0.3, -0.25) is 14.5 Å². The molecule has 2 amide bonds. The molecule has 1 aromatic carbocycles. The Labute approximate surface area is 225 Å². The molecule has 1 aliphatic heterocycles. The van der Waals surface area contributed by atoms with Gasteiger partial charge in [-0.15, -0.1) is 0 Å². The van der Waals surface area contributed by atoms with Crippen molar-refractivity contribution in [2.24, 2.45) is 0 Å². The Morgan fingerprint density at radius 3 is 2.16 bits per heavy atom. The number of likely N-dealkylation sites (N-methyl/N-ethyl adjacent to an activating group) is 1. The SMILES string of the molecule is CN(C)C1(Cc2ccccc2)CCC(NC(=O)CCCC(=O)N2CCN(C3CCCCCC3)CC2)CC1. The molecule has 3 aliphatic rings. The van der Waals surface area contributed by atoms with Crippen LogP contribution in [0.3, 0.4) is 0 Å². The molecule has 6 heteroatoms. The summed E-state index contributed by atoms with van der Waals surface area (Å²) in [7, 11) is 4.38. The summed E-state index contributed by atoms with van der Waals surface area (Å²) in [5, 5.41) is 3.27. The van der Waals surface area contributed by atoms with Crippen molar-refractivity contribution < 1.29 is 9.59 Å². The van der Waals surface area contributed by atoms with E-state index in [2.05, 4.69) is 59.5 Å². The second kappa shape index (κ2) is 13.7. The van der Waals surface area contributed by atoms with Crippen LogP contribution in [0.4, 0.5) is 0 Å². The van der Waals surface area contributed by atoms with Gasteiger partial charge < -0.3 is 15.1 Å². The molecule has 3 fully saturated rings. The number of hydrogen-bond donors (Lipinski definition) is 1. The molecule has 1 N–H and O–H groups in total. The Morgan fingerprint density at radius 2 is 1.54 bits per heavy atom. The lowest BCUT2D eigenvalue weighted by Gasteiger charge is -2.45. The molecule has 0 unspecified atom stereocenters. The van der Waals surface area contributed by atoms with Gasteiger partial charge in [-0.05, 0) is 71.0 Å². The number of carbonyl (C=O) groups excluding carboxylic acids is 2. The van der Waals surface area contributed by atoms with Crippen LogP contribution >= 0.6 is 0 Å². The summed E-state index contributed by atoms with van der Waals surface area (Å²) in [6.45, 7) is 3.72. The third-order valence-electron chi connectivity index (χ3n) is 9.41. The van der Waals surface area contributed by atoms with Crippen LogP contribution in [0.1, 0.15) is 89.0 Å². The minimum absolute atomic E-state index is 0.108. The largest absolute Gasteiger partial charge is 0.353 e. The molecule has 2 saturated carbocycles. The zero-order valence-electron chi connectivity index (χ0n) is 23.4. The van der Waals surface area contributed by atoms with Crippen molar-refractivity contribution in [1.82, 2.24) is 20.0 Å². The van der Waals surface area contributed by atoms with E-state index in [0.717, 1.165) is 64.3 Å². The van der Waals surface area contributed by atoms with E-state index < -0.39 is 0 Å². The fourth-order valence-corrected chi connectivity index (χ4v) is 6.87. The molecule has 0 bridgehead atoms. The fraction of sp³-hybridized carbons (Fsp3) is 0.742. The van der Waals surface area contributed by atoms with E-state index in [1.807, 2.05) is 4.90 Å². The van der Waals surface area contributed by atoms with Gasteiger partial charge in [0.2, 0.25) is 11.8 Å². The number of benzene rings is 1. The highest BCUT2D eigenvalue weighted by atomic mass is 16.2. The smallest absolute Gasteiger partial charge is 0.222 e. The fourth-order valence-electron chi connectivity index (χ4n) is 6.87. The molecule has 1 aromatic rings. The summed E-state index contributed by atoms with van der Waals surface area (Å²) < 4.78 is 0. The Balaban J connectivity index is 1.12. The molecule has 2 aliphatic carbocycles. The molecule has 37 heavy (non-hydrogen) atoms. The third kappa shape index (κ3) is 8.03. The molecule has 1 saturated heterocycles. The first-order chi connectivity index (χ1) is 17.9. The van der Waals surface area contributed by atoms with Crippen LogP contribution in [0.25, 0.3) is 0 Å². The minimum Gasteiger partial charge on any atom is -0.353 e. The van der Waals surface area contributed by atoms with Gasteiger partial charge in [0.25, 0.3) is 0 Å². The van der Waals surface area contributed by atoms with Crippen LogP contribution in [0.5, 0.6) is 0 Å². The number of hydrogen-bond acceptors (Lipinski definition) is 4. The lowest BCUT2D eigenvalue weighted by atomic mass is 9.75. The zero-order valence-corrected chi connectivity index (χ0v) is 23.4. The van der Waals surface area contributed by atoms with E-state index in [1.165, 1.54) is 44.1 Å². The summed E-state index contributed by atoms with van der Waals surface area (Å²) in [6.07, 6.45) is 15.0. The van der Waals surface area contributed by atoms with Crippen molar-refractivity contribution in [1.29, 1.82) is 0 Å². The summed E-state index contributed by atoms with van der Waals surface area (Å²) >= 11 is 0. The number of carbonyl (C=O) groups is 2.